The Bertz CT molecular complexity index is 984. The molecule has 3 rings (SSSR count). The van der Waals surface area contributed by atoms with Crippen LogP contribution >= 0.6 is 15.9 Å². The topological polar surface area (TPSA) is 65.9 Å². The average Bonchev–Trinajstić information content (AvgIpc) is 2.62. The molecule has 0 aliphatic rings. The molecule has 1 heterocycles. The molecule has 0 aliphatic heterocycles. The van der Waals surface area contributed by atoms with E-state index in [4.69, 9.17) is 4.74 Å². The van der Waals surface area contributed by atoms with Crippen LogP contribution in [-0.2, 0) is 0 Å². The second-order valence-corrected chi connectivity index (χ2v) is 6.29. The second kappa shape index (κ2) is 7.37. The first-order valence-corrected chi connectivity index (χ1v) is 8.58. The molecule has 124 valence electrons. The maximum absolute atomic E-state index is 12.4. The zero-order valence-corrected chi connectivity index (χ0v) is 15.1. The van der Waals surface area contributed by atoms with Crippen molar-refractivity contribution < 1.29 is 4.74 Å². The fourth-order valence-corrected chi connectivity index (χ4v) is 2.85. The number of ether oxygens (including phenoxy) is 1. The van der Waals surface area contributed by atoms with E-state index in [1.807, 2.05) is 67.6 Å². The van der Waals surface area contributed by atoms with E-state index >= 15 is 0 Å². The van der Waals surface area contributed by atoms with E-state index in [-0.39, 0.29) is 5.56 Å². The largest absolute Gasteiger partial charge is 0.494 e. The minimum absolute atomic E-state index is 0.102. The van der Waals surface area contributed by atoms with E-state index in [2.05, 4.69) is 20.9 Å². The molecule has 0 unspecified atom stereocenters. The van der Waals surface area contributed by atoms with Gasteiger partial charge in [-0.3, -0.25) is 4.79 Å². The number of nitriles is 1. The number of halogens is 1. The highest BCUT2D eigenvalue weighted by Crippen LogP contribution is 2.28. The third-order valence-corrected chi connectivity index (χ3v) is 4.31. The molecule has 2 aromatic carbocycles. The summed E-state index contributed by atoms with van der Waals surface area (Å²) in [5, 5.41) is 9.40. The maximum Gasteiger partial charge on any atom is 0.266 e. The van der Waals surface area contributed by atoms with Gasteiger partial charge in [-0.1, -0.05) is 40.2 Å². The number of aromatic amines is 1. The van der Waals surface area contributed by atoms with E-state index < -0.39 is 5.56 Å². The van der Waals surface area contributed by atoms with Crippen LogP contribution in [0, 0.1) is 11.3 Å². The number of aromatic nitrogens is 1. The van der Waals surface area contributed by atoms with Crippen molar-refractivity contribution in [1.29, 1.82) is 5.26 Å². The fraction of sp³-hybridized carbons (Fsp3) is 0.100. The van der Waals surface area contributed by atoms with Crippen molar-refractivity contribution in [2.24, 2.45) is 0 Å². The van der Waals surface area contributed by atoms with E-state index in [0.29, 0.717) is 17.9 Å². The summed E-state index contributed by atoms with van der Waals surface area (Å²) in [6.07, 6.45) is 0. The Morgan fingerprint density at radius 2 is 1.72 bits per heavy atom. The number of H-pyrrole nitrogens is 1. The first-order valence-electron chi connectivity index (χ1n) is 7.79. The summed E-state index contributed by atoms with van der Waals surface area (Å²) < 4.78 is 6.40. The first-order chi connectivity index (χ1) is 12.1. The van der Waals surface area contributed by atoms with Crippen LogP contribution in [0.4, 0.5) is 0 Å². The third kappa shape index (κ3) is 3.65. The lowest BCUT2D eigenvalue weighted by molar-refractivity contribution is 0.340. The van der Waals surface area contributed by atoms with Crippen LogP contribution in [0.3, 0.4) is 0 Å². The Hall–Kier alpha value is -2.84. The summed E-state index contributed by atoms with van der Waals surface area (Å²) >= 11 is 3.40. The molecule has 25 heavy (non-hydrogen) atoms. The summed E-state index contributed by atoms with van der Waals surface area (Å²) in [7, 11) is 0. The molecule has 1 aromatic heterocycles. The summed E-state index contributed by atoms with van der Waals surface area (Å²) in [6.45, 7) is 2.50. The SMILES string of the molecule is CCOc1ccc(-c2cc(-c3ccc(Br)cc3)[nH]c(=O)c2C#N)cc1. The van der Waals surface area contributed by atoms with Crippen molar-refractivity contribution in [2.75, 3.05) is 6.61 Å². The molecule has 5 heteroatoms. The van der Waals surface area contributed by atoms with Gasteiger partial charge in [0.05, 0.1) is 6.61 Å². The van der Waals surface area contributed by atoms with Gasteiger partial charge in [0.2, 0.25) is 0 Å². The molecule has 0 aliphatic carbocycles. The Morgan fingerprint density at radius 3 is 2.32 bits per heavy atom. The predicted octanol–water partition coefficient (Wildman–Crippen LogP) is 4.74. The van der Waals surface area contributed by atoms with Gasteiger partial charge < -0.3 is 9.72 Å². The van der Waals surface area contributed by atoms with Gasteiger partial charge >= 0.3 is 0 Å². The standard InChI is InChI=1S/C20H15BrN2O2/c1-2-25-16-9-5-13(6-10-16)17-11-19(23-20(24)18(17)12-22)14-3-7-15(21)8-4-14/h3-11H,2H2,1H3,(H,23,24). The normalized spacial score (nSPS) is 10.3. The Balaban J connectivity index is 2.13. The number of hydrogen-bond donors (Lipinski definition) is 1. The molecule has 4 nitrogen and oxygen atoms in total. The lowest BCUT2D eigenvalue weighted by atomic mass is 9.99. The van der Waals surface area contributed by atoms with Gasteiger partial charge in [0.15, 0.2) is 0 Å². The quantitative estimate of drug-likeness (QED) is 0.694. The van der Waals surface area contributed by atoms with Crippen LogP contribution in [0.5, 0.6) is 5.75 Å². The molecule has 1 N–H and O–H groups in total. The zero-order chi connectivity index (χ0) is 17.8. The molecule has 0 amide bonds. The summed E-state index contributed by atoms with van der Waals surface area (Å²) in [5.41, 5.74) is 2.64. The monoisotopic (exact) mass is 394 g/mol. The van der Waals surface area contributed by atoms with Gasteiger partial charge in [0, 0.05) is 15.7 Å². The van der Waals surface area contributed by atoms with Crippen molar-refractivity contribution in [3.8, 4) is 34.2 Å². The second-order valence-electron chi connectivity index (χ2n) is 5.38. The third-order valence-electron chi connectivity index (χ3n) is 3.78. The summed E-state index contributed by atoms with van der Waals surface area (Å²) in [5.74, 6) is 0.753. The minimum Gasteiger partial charge on any atom is -0.494 e. The van der Waals surface area contributed by atoms with Gasteiger partial charge in [0.1, 0.15) is 17.4 Å². The zero-order valence-electron chi connectivity index (χ0n) is 13.5. The predicted molar refractivity (Wildman–Crippen MR) is 102 cm³/mol. The van der Waals surface area contributed by atoms with Crippen molar-refractivity contribution in [3.05, 3.63) is 75.0 Å². The number of hydrogen-bond acceptors (Lipinski definition) is 3. The van der Waals surface area contributed by atoms with Crippen molar-refractivity contribution in [1.82, 2.24) is 4.98 Å². The van der Waals surface area contributed by atoms with Crippen LogP contribution in [0.2, 0.25) is 0 Å². The van der Waals surface area contributed by atoms with E-state index in [1.54, 1.807) is 0 Å². The molecule has 0 saturated heterocycles. The lowest BCUT2D eigenvalue weighted by Crippen LogP contribution is -2.12. The van der Waals surface area contributed by atoms with E-state index in [9.17, 15) is 10.1 Å². The molecule has 0 radical (unpaired) electrons. The Labute approximate surface area is 153 Å². The van der Waals surface area contributed by atoms with Crippen molar-refractivity contribution in [2.45, 2.75) is 6.92 Å². The smallest absolute Gasteiger partial charge is 0.266 e. The number of benzene rings is 2. The Kier molecular flexibility index (Phi) is 5.01. The molecule has 0 atom stereocenters. The molecule has 0 fully saturated rings. The number of nitrogens with one attached hydrogen (secondary N) is 1. The van der Waals surface area contributed by atoms with Crippen molar-refractivity contribution in [3.63, 3.8) is 0 Å². The van der Waals surface area contributed by atoms with Gasteiger partial charge in [0.25, 0.3) is 5.56 Å². The van der Waals surface area contributed by atoms with Crippen LogP contribution in [-0.4, -0.2) is 11.6 Å². The molecule has 0 saturated carbocycles. The molecular formula is C20H15BrN2O2. The molecule has 0 spiro atoms. The highest BCUT2D eigenvalue weighted by atomic mass is 79.9. The van der Waals surface area contributed by atoms with Crippen LogP contribution in [0.1, 0.15) is 12.5 Å². The number of rotatable bonds is 4. The van der Waals surface area contributed by atoms with Crippen LogP contribution in [0.15, 0.2) is 63.9 Å². The summed E-state index contributed by atoms with van der Waals surface area (Å²) in [4.78, 5) is 15.1. The number of pyridine rings is 1. The van der Waals surface area contributed by atoms with Crippen molar-refractivity contribution >= 4 is 15.9 Å². The van der Waals surface area contributed by atoms with E-state index in [1.165, 1.54) is 0 Å². The molecule has 3 aromatic rings. The minimum atomic E-state index is -0.396. The number of nitrogens with zero attached hydrogens (tertiary/aromatic N) is 1. The van der Waals surface area contributed by atoms with Crippen LogP contribution in [0.25, 0.3) is 22.4 Å². The van der Waals surface area contributed by atoms with Gasteiger partial charge in [-0.15, -0.1) is 0 Å². The Morgan fingerprint density at radius 1 is 1.08 bits per heavy atom. The van der Waals surface area contributed by atoms with E-state index in [0.717, 1.165) is 21.3 Å². The highest BCUT2D eigenvalue weighted by Gasteiger charge is 2.12. The average molecular weight is 395 g/mol. The highest BCUT2D eigenvalue weighted by molar-refractivity contribution is 9.10. The maximum atomic E-state index is 12.4. The molecule has 0 bridgehead atoms. The lowest BCUT2D eigenvalue weighted by Gasteiger charge is -2.09. The van der Waals surface area contributed by atoms with Gasteiger partial charge in [-0.25, -0.2) is 0 Å². The van der Waals surface area contributed by atoms with Gasteiger partial charge in [-0.05, 0) is 48.4 Å². The van der Waals surface area contributed by atoms with Gasteiger partial charge in [-0.2, -0.15) is 5.26 Å². The van der Waals surface area contributed by atoms with Crippen LogP contribution < -0.4 is 10.3 Å². The fourth-order valence-electron chi connectivity index (χ4n) is 2.58. The summed E-state index contributed by atoms with van der Waals surface area (Å²) in [6, 6.07) is 18.8. The molecular weight excluding hydrogens is 380 g/mol. The first kappa shape index (κ1) is 17.0.